The van der Waals surface area contributed by atoms with Gasteiger partial charge in [0.05, 0.1) is 10.0 Å². The van der Waals surface area contributed by atoms with Crippen molar-refractivity contribution in [3.8, 4) is 0 Å². The highest BCUT2D eigenvalue weighted by atomic mass is 35.5. The monoisotopic (exact) mass is 257 g/mol. The van der Waals surface area contributed by atoms with E-state index in [4.69, 9.17) is 28.9 Å². The Morgan fingerprint density at radius 3 is 2.25 bits per heavy atom. The first-order valence-electron chi connectivity index (χ1n) is 5.54. The van der Waals surface area contributed by atoms with E-state index in [0.717, 1.165) is 12.8 Å². The molecule has 3 heteroatoms. The summed E-state index contributed by atoms with van der Waals surface area (Å²) in [4.78, 5) is 0. The van der Waals surface area contributed by atoms with Crippen molar-refractivity contribution < 1.29 is 0 Å². The molecule has 1 aromatic carbocycles. The Balaban J connectivity index is 2.32. The zero-order valence-corrected chi connectivity index (χ0v) is 11.2. The minimum absolute atomic E-state index is 0.109. The van der Waals surface area contributed by atoms with Crippen LogP contribution in [0.15, 0.2) is 18.2 Å². The second-order valence-corrected chi connectivity index (χ2v) is 6.45. The molecule has 1 saturated carbocycles. The van der Waals surface area contributed by atoms with E-state index in [0.29, 0.717) is 22.0 Å². The zero-order valence-electron chi connectivity index (χ0n) is 9.69. The molecule has 0 aliphatic heterocycles. The smallest absolute Gasteiger partial charge is 0.0595 e. The van der Waals surface area contributed by atoms with Crippen molar-refractivity contribution in [1.82, 2.24) is 0 Å². The van der Waals surface area contributed by atoms with Gasteiger partial charge in [0, 0.05) is 12.0 Å². The molecule has 1 aromatic rings. The molecule has 0 atom stereocenters. The van der Waals surface area contributed by atoms with E-state index in [2.05, 4.69) is 19.9 Å². The van der Waals surface area contributed by atoms with Gasteiger partial charge in [-0.1, -0.05) is 43.1 Å². The number of rotatable bonds is 2. The Morgan fingerprint density at radius 2 is 1.81 bits per heavy atom. The summed E-state index contributed by atoms with van der Waals surface area (Å²) in [5, 5.41) is 1.23. The molecule has 0 amide bonds. The van der Waals surface area contributed by atoms with Gasteiger partial charge in [-0.3, -0.25) is 0 Å². The second-order valence-electron chi connectivity index (χ2n) is 5.63. The molecule has 16 heavy (non-hydrogen) atoms. The lowest BCUT2D eigenvalue weighted by molar-refractivity contribution is 0.0634. The average Bonchev–Trinajstić information content (AvgIpc) is 2.18. The molecule has 2 N–H and O–H groups in total. The van der Waals surface area contributed by atoms with Gasteiger partial charge in [0.2, 0.25) is 0 Å². The molecule has 88 valence electrons. The van der Waals surface area contributed by atoms with Crippen molar-refractivity contribution >= 4 is 23.2 Å². The van der Waals surface area contributed by atoms with Crippen LogP contribution < -0.4 is 5.73 Å². The van der Waals surface area contributed by atoms with E-state index in [1.54, 1.807) is 0 Å². The molecule has 0 spiro atoms. The Labute approximate surface area is 107 Å². The highest BCUT2D eigenvalue weighted by Gasteiger charge is 2.49. The van der Waals surface area contributed by atoms with Crippen molar-refractivity contribution in [2.75, 3.05) is 6.54 Å². The number of benzene rings is 1. The summed E-state index contributed by atoms with van der Waals surface area (Å²) in [6, 6.07) is 5.88. The van der Waals surface area contributed by atoms with Crippen LogP contribution in [0.3, 0.4) is 0 Å². The first-order valence-corrected chi connectivity index (χ1v) is 6.30. The van der Waals surface area contributed by atoms with Crippen LogP contribution in [-0.2, 0) is 5.41 Å². The molecule has 2 rings (SSSR count). The van der Waals surface area contributed by atoms with Crippen LogP contribution in [0.4, 0.5) is 0 Å². The van der Waals surface area contributed by atoms with Crippen LogP contribution in [0, 0.1) is 5.41 Å². The summed E-state index contributed by atoms with van der Waals surface area (Å²) in [6.07, 6.45) is 2.24. The molecule has 1 fully saturated rings. The van der Waals surface area contributed by atoms with Crippen molar-refractivity contribution in [2.45, 2.75) is 32.1 Å². The van der Waals surface area contributed by atoms with Gasteiger partial charge in [-0.15, -0.1) is 0 Å². The topological polar surface area (TPSA) is 26.0 Å². The van der Waals surface area contributed by atoms with Crippen LogP contribution in [-0.4, -0.2) is 6.54 Å². The maximum atomic E-state index is 6.06. The van der Waals surface area contributed by atoms with Crippen molar-refractivity contribution in [2.24, 2.45) is 11.1 Å². The summed E-state index contributed by atoms with van der Waals surface area (Å²) < 4.78 is 0. The fraction of sp³-hybridized carbons (Fsp3) is 0.538. The third-order valence-corrected chi connectivity index (χ3v) is 4.30. The van der Waals surface area contributed by atoms with Crippen molar-refractivity contribution in [1.29, 1.82) is 0 Å². The van der Waals surface area contributed by atoms with E-state index >= 15 is 0 Å². The van der Waals surface area contributed by atoms with Gasteiger partial charge in [-0.25, -0.2) is 0 Å². The summed E-state index contributed by atoms with van der Waals surface area (Å²) in [5.41, 5.74) is 7.66. The maximum Gasteiger partial charge on any atom is 0.0595 e. The Kier molecular flexibility index (Phi) is 2.98. The maximum absolute atomic E-state index is 6.06. The fourth-order valence-electron chi connectivity index (χ4n) is 3.07. The van der Waals surface area contributed by atoms with Crippen molar-refractivity contribution in [3.05, 3.63) is 33.8 Å². The van der Waals surface area contributed by atoms with Crippen LogP contribution >= 0.6 is 23.2 Å². The molecule has 0 bridgehead atoms. The van der Waals surface area contributed by atoms with Gasteiger partial charge in [-0.2, -0.15) is 0 Å². The predicted molar refractivity (Wildman–Crippen MR) is 70.2 cm³/mol. The first kappa shape index (κ1) is 12.2. The summed E-state index contributed by atoms with van der Waals surface area (Å²) in [6.45, 7) is 5.23. The van der Waals surface area contributed by atoms with Crippen LogP contribution in [0.25, 0.3) is 0 Å². The third-order valence-electron chi connectivity index (χ3n) is 3.56. The molecular formula is C13H17Cl2N. The highest BCUT2D eigenvalue weighted by Crippen LogP contribution is 2.55. The molecule has 1 aliphatic rings. The molecule has 0 unspecified atom stereocenters. The van der Waals surface area contributed by atoms with Crippen molar-refractivity contribution in [3.63, 3.8) is 0 Å². The van der Waals surface area contributed by atoms with E-state index in [1.165, 1.54) is 5.56 Å². The van der Waals surface area contributed by atoms with Gasteiger partial charge >= 0.3 is 0 Å². The molecule has 0 heterocycles. The standard InChI is InChI=1S/C13H17Cl2N/c1-12(2)6-13(7-12,8-16)9-3-4-10(14)11(15)5-9/h3-5H,6-8,16H2,1-2H3. The molecule has 0 aromatic heterocycles. The van der Waals surface area contributed by atoms with Gasteiger partial charge in [0.25, 0.3) is 0 Å². The zero-order chi connectivity index (χ0) is 12.0. The predicted octanol–water partition coefficient (Wildman–Crippen LogP) is 4.01. The van der Waals surface area contributed by atoms with E-state index < -0.39 is 0 Å². The Morgan fingerprint density at radius 1 is 1.19 bits per heavy atom. The SMILES string of the molecule is CC1(C)CC(CN)(c2ccc(Cl)c(Cl)c2)C1. The summed E-state index contributed by atoms with van der Waals surface area (Å²) in [5.74, 6) is 0. The number of halogens is 2. The van der Waals surface area contributed by atoms with Crippen LogP contribution in [0.5, 0.6) is 0 Å². The molecule has 1 nitrogen and oxygen atoms in total. The lowest BCUT2D eigenvalue weighted by atomic mass is 9.52. The molecular weight excluding hydrogens is 241 g/mol. The average molecular weight is 258 g/mol. The second kappa shape index (κ2) is 3.90. The summed E-state index contributed by atoms with van der Waals surface area (Å²) in [7, 11) is 0. The van der Waals surface area contributed by atoms with Gasteiger partial charge in [0.1, 0.15) is 0 Å². The highest BCUT2D eigenvalue weighted by molar-refractivity contribution is 6.42. The largest absolute Gasteiger partial charge is 0.330 e. The van der Waals surface area contributed by atoms with E-state index in [-0.39, 0.29) is 5.41 Å². The third kappa shape index (κ3) is 1.97. The van der Waals surface area contributed by atoms with Gasteiger partial charge < -0.3 is 5.73 Å². The van der Waals surface area contributed by atoms with Gasteiger partial charge in [0.15, 0.2) is 0 Å². The number of hydrogen-bond donors (Lipinski definition) is 1. The lowest BCUT2D eigenvalue weighted by Crippen LogP contribution is -2.51. The van der Waals surface area contributed by atoms with E-state index in [9.17, 15) is 0 Å². The molecule has 1 aliphatic carbocycles. The lowest BCUT2D eigenvalue weighted by Gasteiger charge is -2.53. The minimum Gasteiger partial charge on any atom is -0.330 e. The molecule has 0 radical (unpaired) electrons. The summed E-state index contributed by atoms with van der Waals surface area (Å²) >= 11 is 12.0. The normalized spacial score (nSPS) is 21.6. The minimum atomic E-state index is 0.109. The quantitative estimate of drug-likeness (QED) is 0.852. The number of nitrogens with two attached hydrogens (primary N) is 1. The van der Waals surface area contributed by atoms with E-state index in [1.807, 2.05) is 12.1 Å². The first-order chi connectivity index (χ1) is 7.38. The van der Waals surface area contributed by atoms with Crippen LogP contribution in [0.1, 0.15) is 32.3 Å². The fourth-order valence-corrected chi connectivity index (χ4v) is 3.37. The number of hydrogen-bond acceptors (Lipinski definition) is 1. The Bertz CT molecular complexity index is 404. The Hall–Kier alpha value is -0.240. The molecule has 0 saturated heterocycles. The van der Waals surface area contributed by atoms with Gasteiger partial charge in [-0.05, 0) is 36.0 Å². The van der Waals surface area contributed by atoms with Crippen LogP contribution in [0.2, 0.25) is 10.0 Å².